The van der Waals surface area contributed by atoms with Crippen molar-refractivity contribution in [2.24, 2.45) is 4.99 Å². The Hall–Kier alpha value is -2.04. The van der Waals surface area contributed by atoms with E-state index in [0.29, 0.717) is 35.0 Å². The quantitative estimate of drug-likeness (QED) is 0.529. The zero-order chi connectivity index (χ0) is 23.9. The molecule has 1 fully saturated rings. The third-order valence-corrected chi connectivity index (χ3v) is 8.97. The van der Waals surface area contributed by atoms with Crippen LogP contribution in [0.1, 0.15) is 36.7 Å². The third-order valence-electron chi connectivity index (χ3n) is 5.67. The molecule has 1 aromatic heterocycles. The molecule has 0 radical (unpaired) electrons. The molecule has 2 heterocycles. The van der Waals surface area contributed by atoms with Gasteiger partial charge in [0.2, 0.25) is 10.0 Å². The van der Waals surface area contributed by atoms with Crippen molar-refractivity contribution in [2.45, 2.75) is 51.3 Å². The molecule has 33 heavy (non-hydrogen) atoms. The molecule has 2 atom stereocenters. The average Bonchev–Trinajstić information content (AvgIpc) is 3.13. The van der Waals surface area contributed by atoms with Gasteiger partial charge >= 0.3 is 0 Å². The van der Waals surface area contributed by atoms with Crippen LogP contribution < -0.4 is 4.80 Å². The van der Waals surface area contributed by atoms with Gasteiger partial charge in [-0.15, -0.1) is 0 Å². The second-order valence-electron chi connectivity index (χ2n) is 8.17. The Morgan fingerprint density at radius 3 is 2.39 bits per heavy atom. The highest BCUT2D eigenvalue weighted by molar-refractivity contribution is 7.89. The van der Waals surface area contributed by atoms with Gasteiger partial charge in [0.1, 0.15) is 0 Å². The minimum absolute atomic E-state index is 0.149. The fourth-order valence-electron chi connectivity index (χ4n) is 4.09. The van der Waals surface area contributed by atoms with E-state index < -0.39 is 15.9 Å². The number of hydrogen-bond acceptors (Lipinski definition) is 5. The first-order valence-electron chi connectivity index (χ1n) is 10.7. The van der Waals surface area contributed by atoms with Gasteiger partial charge in [-0.2, -0.15) is 9.30 Å². The van der Waals surface area contributed by atoms with E-state index in [0.717, 1.165) is 15.8 Å². The van der Waals surface area contributed by atoms with E-state index in [1.165, 1.54) is 39.9 Å². The van der Waals surface area contributed by atoms with E-state index in [1.807, 2.05) is 44.4 Å². The second-order valence-corrected chi connectivity index (χ2v) is 11.5. The number of sulfonamides is 1. The van der Waals surface area contributed by atoms with Gasteiger partial charge in [-0.3, -0.25) is 4.79 Å². The molecule has 4 rings (SSSR count). The summed E-state index contributed by atoms with van der Waals surface area (Å²) in [5, 5.41) is 0.668. The molecule has 1 aliphatic rings. The molecule has 2 aromatic carbocycles. The van der Waals surface area contributed by atoms with Crippen molar-refractivity contribution in [3.05, 3.63) is 57.3 Å². The van der Waals surface area contributed by atoms with Gasteiger partial charge in [0, 0.05) is 30.2 Å². The van der Waals surface area contributed by atoms with E-state index in [1.54, 1.807) is 0 Å². The van der Waals surface area contributed by atoms with Crippen LogP contribution in [-0.4, -0.2) is 48.5 Å². The predicted molar refractivity (Wildman–Crippen MR) is 130 cm³/mol. The maximum absolute atomic E-state index is 13.0. The molecule has 0 aliphatic carbocycles. The van der Waals surface area contributed by atoms with Crippen molar-refractivity contribution in [3.8, 4) is 0 Å². The van der Waals surface area contributed by atoms with E-state index in [4.69, 9.17) is 16.3 Å². The average molecular weight is 508 g/mol. The van der Waals surface area contributed by atoms with Crippen LogP contribution in [0, 0.1) is 6.92 Å². The number of halogens is 1. The van der Waals surface area contributed by atoms with Gasteiger partial charge in [0.15, 0.2) is 4.80 Å². The van der Waals surface area contributed by atoms with Gasteiger partial charge in [-0.05, 0) is 69.7 Å². The Morgan fingerprint density at radius 2 is 1.79 bits per heavy atom. The number of amides is 1. The van der Waals surface area contributed by atoms with E-state index >= 15 is 0 Å². The first-order chi connectivity index (χ1) is 15.6. The lowest BCUT2D eigenvalue weighted by molar-refractivity contribution is -0.0440. The lowest BCUT2D eigenvalue weighted by Gasteiger charge is -2.34. The summed E-state index contributed by atoms with van der Waals surface area (Å²) >= 11 is 7.71. The standard InChI is InChI=1S/C23H26ClN3O4S2/c1-5-27-21-16(4)19(24)10-11-20(21)32-23(27)25-22(28)17-6-8-18(9-7-17)33(29,30)26-12-14(2)31-15(3)13-26/h6-11,14-15H,5,12-13H2,1-4H3. The number of carbonyl (C=O) groups is 1. The fourth-order valence-corrected chi connectivity index (χ4v) is 6.99. The largest absolute Gasteiger partial charge is 0.373 e. The highest BCUT2D eigenvalue weighted by Gasteiger charge is 2.32. The molecule has 2 unspecified atom stereocenters. The molecule has 0 spiro atoms. The number of aryl methyl sites for hydroxylation is 2. The zero-order valence-electron chi connectivity index (χ0n) is 18.9. The summed E-state index contributed by atoms with van der Waals surface area (Å²) in [5.41, 5.74) is 2.24. The number of fused-ring (bicyclic) bond motifs is 1. The Balaban J connectivity index is 1.65. The summed E-state index contributed by atoms with van der Waals surface area (Å²) in [6.07, 6.45) is -0.346. The van der Waals surface area contributed by atoms with Gasteiger partial charge in [-0.1, -0.05) is 22.9 Å². The van der Waals surface area contributed by atoms with Crippen LogP contribution in [0.4, 0.5) is 0 Å². The molecule has 7 nitrogen and oxygen atoms in total. The van der Waals surface area contributed by atoms with E-state index in [2.05, 4.69) is 4.99 Å². The van der Waals surface area contributed by atoms with Crippen molar-refractivity contribution < 1.29 is 17.9 Å². The first-order valence-corrected chi connectivity index (χ1v) is 13.4. The highest BCUT2D eigenvalue weighted by atomic mass is 35.5. The van der Waals surface area contributed by atoms with Gasteiger partial charge < -0.3 is 9.30 Å². The third kappa shape index (κ3) is 4.65. The molecule has 10 heteroatoms. The minimum atomic E-state index is -3.67. The van der Waals surface area contributed by atoms with Crippen LogP contribution in [0.5, 0.6) is 0 Å². The number of carbonyl (C=O) groups excluding carboxylic acids is 1. The summed E-state index contributed by atoms with van der Waals surface area (Å²) in [6, 6.07) is 9.72. The normalized spacial score (nSPS) is 20.5. The number of thiazole rings is 1. The molecule has 0 N–H and O–H groups in total. The van der Waals surface area contributed by atoms with Gasteiger partial charge in [0.05, 0.1) is 27.3 Å². The maximum Gasteiger partial charge on any atom is 0.279 e. The molecule has 1 aliphatic heterocycles. The SMILES string of the molecule is CCn1c(=NC(=O)c2ccc(S(=O)(=O)N3CC(C)OC(C)C3)cc2)sc2ccc(Cl)c(C)c21. The van der Waals surface area contributed by atoms with Crippen LogP contribution in [0.3, 0.4) is 0 Å². The molecule has 1 amide bonds. The number of rotatable bonds is 4. The lowest BCUT2D eigenvalue weighted by Crippen LogP contribution is -2.48. The highest BCUT2D eigenvalue weighted by Crippen LogP contribution is 2.27. The monoisotopic (exact) mass is 507 g/mol. The number of ether oxygens (including phenoxy) is 1. The first kappa shape index (κ1) is 24.1. The van der Waals surface area contributed by atoms with Gasteiger partial charge in [0.25, 0.3) is 5.91 Å². The van der Waals surface area contributed by atoms with E-state index in [9.17, 15) is 13.2 Å². The van der Waals surface area contributed by atoms with Crippen LogP contribution in [-0.2, 0) is 21.3 Å². The molecule has 0 saturated carbocycles. The van der Waals surface area contributed by atoms with Crippen LogP contribution in [0.2, 0.25) is 5.02 Å². The number of morpholine rings is 1. The van der Waals surface area contributed by atoms with Crippen molar-refractivity contribution in [1.29, 1.82) is 0 Å². The Morgan fingerprint density at radius 1 is 1.15 bits per heavy atom. The van der Waals surface area contributed by atoms with E-state index in [-0.39, 0.29) is 17.1 Å². The van der Waals surface area contributed by atoms with Gasteiger partial charge in [-0.25, -0.2) is 8.42 Å². The van der Waals surface area contributed by atoms with Crippen LogP contribution in [0.25, 0.3) is 10.2 Å². The van der Waals surface area contributed by atoms with Crippen molar-refractivity contribution in [2.75, 3.05) is 13.1 Å². The molecular formula is C23H26ClN3O4S2. The number of aromatic nitrogens is 1. The minimum Gasteiger partial charge on any atom is -0.373 e. The van der Waals surface area contributed by atoms with Crippen molar-refractivity contribution in [3.63, 3.8) is 0 Å². The smallest absolute Gasteiger partial charge is 0.279 e. The Bertz CT molecular complexity index is 1370. The zero-order valence-corrected chi connectivity index (χ0v) is 21.3. The van der Waals surface area contributed by atoms with Crippen LogP contribution in [0.15, 0.2) is 46.3 Å². The number of hydrogen-bond donors (Lipinski definition) is 0. The predicted octanol–water partition coefficient (Wildman–Crippen LogP) is 4.22. The molecule has 3 aromatic rings. The molecule has 176 valence electrons. The summed E-state index contributed by atoms with van der Waals surface area (Å²) < 4.78 is 36.1. The maximum atomic E-state index is 13.0. The number of nitrogens with zero attached hydrogens (tertiary/aromatic N) is 3. The summed E-state index contributed by atoms with van der Waals surface area (Å²) in [4.78, 5) is 17.9. The lowest BCUT2D eigenvalue weighted by atomic mass is 10.2. The molecule has 1 saturated heterocycles. The Kier molecular flexibility index (Phi) is 6.80. The molecule has 0 bridgehead atoms. The van der Waals surface area contributed by atoms with Crippen molar-refractivity contribution >= 4 is 49.1 Å². The van der Waals surface area contributed by atoms with Crippen molar-refractivity contribution in [1.82, 2.24) is 8.87 Å². The Labute approximate surface area is 202 Å². The number of benzene rings is 2. The second kappa shape index (κ2) is 9.31. The fraction of sp³-hybridized carbons (Fsp3) is 0.391. The molecular weight excluding hydrogens is 482 g/mol. The van der Waals surface area contributed by atoms with Crippen LogP contribution >= 0.6 is 22.9 Å². The summed E-state index contributed by atoms with van der Waals surface area (Å²) in [5.74, 6) is -0.426. The summed E-state index contributed by atoms with van der Waals surface area (Å²) in [6.45, 7) is 8.89. The topological polar surface area (TPSA) is 81.0 Å². The summed E-state index contributed by atoms with van der Waals surface area (Å²) in [7, 11) is -3.67.